The van der Waals surface area contributed by atoms with E-state index in [1.54, 1.807) is 0 Å². The van der Waals surface area contributed by atoms with Gasteiger partial charge in [0.15, 0.2) is 5.82 Å². The first-order valence-electron chi connectivity index (χ1n) is 8.37. The minimum atomic E-state index is 0.00338. The largest absolute Gasteiger partial charge is 0.331 e. The van der Waals surface area contributed by atoms with E-state index in [1.807, 2.05) is 11.8 Å². The Morgan fingerprint density at radius 2 is 2.14 bits per heavy atom. The van der Waals surface area contributed by atoms with E-state index < -0.39 is 0 Å². The Bertz CT molecular complexity index is 510. The van der Waals surface area contributed by atoms with Crippen molar-refractivity contribution in [3.63, 3.8) is 0 Å². The van der Waals surface area contributed by atoms with E-state index in [9.17, 15) is 4.79 Å². The zero-order chi connectivity index (χ0) is 15.5. The monoisotopic (exact) mass is 306 g/mol. The van der Waals surface area contributed by atoms with Crippen LogP contribution in [0.25, 0.3) is 0 Å². The summed E-state index contributed by atoms with van der Waals surface area (Å²) in [5, 5.41) is 9.90. The molecule has 1 aromatic rings. The highest BCUT2D eigenvalue weighted by molar-refractivity contribution is 5.74. The number of H-pyrrole nitrogens is 1. The normalized spacial score (nSPS) is 25.8. The average molecular weight is 306 g/mol. The van der Waals surface area contributed by atoms with Crippen molar-refractivity contribution >= 4 is 6.03 Å². The Kier molecular flexibility index (Phi) is 4.61. The molecule has 0 aliphatic carbocycles. The Labute approximate surface area is 131 Å². The molecular formula is C15H26N6O. The molecule has 0 spiro atoms. The molecule has 3 heterocycles. The van der Waals surface area contributed by atoms with Crippen LogP contribution < -0.4 is 5.32 Å². The summed E-state index contributed by atoms with van der Waals surface area (Å²) in [6.45, 7) is 7.79. The maximum Gasteiger partial charge on any atom is 0.318 e. The highest BCUT2D eigenvalue weighted by Gasteiger charge is 2.37. The fourth-order valence-electron chi connectivity index (χ4n) is 3.60. The predicted octanol–water partition coefficient (Wildman–Crippen LogP) is 1.14. The summed E-state index contributed by atoms with van der Waals surface area (Å²) in [7, 11) is 0. The molecule has 0 aromatic carbocycles. The maximum absolute atomic E-state index is 12.4. The molecule has 1 aromatic heterocycles. The van der Waals surface area contributed by atoms with Gasteiger partial charge in [-0.1, -0.05) is 6.92 Å². The lowest BCUT2D eigenvalue weighted by molar-refractivity contribution is 0.168. The third-order valence-electron chi connectivity index (χ3n) is 4.89. The van der Waals surface area contributed by atoms with Gasteiger partial charge < -0.3 is 10.2 Å². The number of hydrogen-bond acceptors (Lipinski definition) is 4. The molecule has 22 heavy (non-hydrogen) atoms. The number of nitrogens with one attached hydrogen (secondary N) is 2. The zero-order valence-corrected chi connectivity index (χ0v) is 13.5. The Balaban J connectivity index is 1.51. The molecule has 2 saturated heterocycles. The van der Waals surface area contributed by atoms with Gasteiger partial charge in [0.2, 0.25) is 0 Å². The van der Waals surface area contributed by atoms with Gasteiger partial charge in [-0.3, -0.25) is 10.00 Å². The lowest BCUT2D eigenvalue weighted by Gasteiger charge is -2.30. The fourth-order valence-corrected chi connectivity index (χ4v) is 3.60. The van der Waals surface area contributed by atoms with E-state index in [2.05, 4.69) is 32.3 Å². The van der Waals surface area contributed by atoms with Gasteiger partial charge in [-0.05, 0) is 39.3 Å². The second-order valence-corrected chi connectivity index (χ2v) is 6.24. The van der Waals surface area contributed by atoms with Gasteiger partial charge in [-0.15, -0.1) is 0 Å². The molecule has 0 bridgehead atoms. The highest BCUT2D eigenvalue weighted by atomic mass is 16.2. The molecule has 122 valence electrons. The molecule has 2 atom stereocenters. The summed E-state index contributed by atoms with van der Waals surface area (Å²) in [4.78, 5) is 21.2. The van der Waals surface area contributed by atoms with E-state index in [4.69, 9.17) is 0 Å². The number of likely N-dealkylation sites (tertiary alicyclic amines) is 2. The first kappa shape index (κ1) is 15.3. The van der Waals surface area contributed by atoms with E-state index in [0.717, 1.165) is 25.2 Å². The molecule has 2 aliphatic heterocycles. The third kappa shape index (κ3) is 3.09. The smallest absolute Gasteiger partial charge is 0.318 e. The standard InChI is InChI=1S/C15H26N6O/c1-3-13-17-14(19-18-13)10-16-15(22)21-9-6-12(11(21)2)20-7-4-5-8-20/h11-12H,3-10H2,1-2H3,(H,16,22)(H,17,18,19)/t11-,12-/m0/s1. The lowest BCUT2D eigenvalue weighted by Crippen LogP contribution is -2.47. The third-order valence-corrected chi connectivity index (χ3v) is 4.89. The molecule has 0 radical (unpaired) electrons. The molecule has 3 rings (SSSR count). The van der Waals surface area contributed by atoms with Crippen molar-refractivity contribution < 1.29 is 4.79 Å². The van der Waals surface area contributed by atoms with Crippen LogP contribution in [0.3, 0.4) is 0 Å². The predicted molar refractivity (Wildman–Crippen MR) is 83.4 cm³/mol. The zero-order valence-electron chi connectivity index (χ0n) is 13.5. The summed E-state index contributed by atoms with van der Waals surface area (Å²) >= 11 is 0. The van der Waals surface area contributed by atoms with Crippen LogP contribution >= 0.6 is 0 Å². The molecule has 0 unspecified atom stereocenters. The molecule has 0 saturated carbocycles. The number of hydrogen-bond donors (Lipinski definition) is 2. The topological polar surface area (TPSA) is 77.2 Å². The van der Waals surface area contributed by atoms with Crippen molar-refractivity contribution in [1.82, 2.24) is 30.3 Å². The minimum absolute atomic E-state index is 0.00338. The van der Waals surface area contributed by atoms with Crippen molar-refractivity contribution in [1.29, 1.82) is 0 Å². The van der Waals surface area contributed by atoms with Crippen LogP contribution in [0.4, 0.5) is 4.79 Å². The summed E-state index contributed by atoms with van der Waals surface area (Å²) in [5.74, 6) is 1.50. The first-order valence-corrected chi connectivity index (χ1v) is 8.37. The van der Waals surface area contributed by atoms with E-state index >= 15 is 0 Å². The number of aryl methyl sites for hydroxylation is 1. The highest BCUT2D eigenvalue weighted by Crippen LogP contribution is 2.25. The number of amides is 2. The van der Waals surface area contributed by atoms with Crippen molar-refractivity contribution in [2.24, 2.45) is 0 Å². The van der Waals surface area contributed by atoms with Crippen LogP contribution in [0.15, 0.2) is 0 Å². The van der Waals surface area contributed by atoms with Gasteiger partial charge in [0.1, 0.15) is 5.82 Å². The number of aromatic amines is 1. The Morgan fingerprint density at radius 1 is 1.36 bits per heavy atom. The van der Waals surface area contributed by atoms with Crippen molar-refractivity contribution in [3.05, 3.63) is 11.6 Å². The first-order chi connectivity index (χ1) is 10.7. The molecule has 2 aliphatic rings. The summed E-state index contributed by atoms with van der Waals surface area (Å²) in [6.07, 6.45) is 4.46. The van der Waals surface area contributed by atoms with Gasteiger partial charge >= 0.3 is 6.03 Å². The molecular weight excluding hydrogens is 280 g/mol. The fraction of sp³-hybridized carbons (Fsp3) is 0.800. The van der Waals surface area contributed by atoms with Gasteiger partial charge in [0.05, 0.1) is 6.54 Å². The Morgan fingerprint density at radius 3 is 2.82 bits per heavy atom. The van der Waals surface area contributed by atoms with Gasteiger partial charge in [-0.2, -0.15) is 5.10 Å². The molecule has 2 N–H and O–H groups in total. The number of aromatic nitrogens is 3. The van der Waals surface area contributed by atoms with Crippen molar-refractivity contribution in [2.75, 3.05) is 19.6 Å². The SMILES string of the molecule is CCc1n[nH]c(CNC(=O)N2CC[C@H](N3CCCC3)[C@@H]2C)n1. The quantitative estimate of drug-likeness (QED) is 0.874. The number of urea groups is 1. The van der Waals surface area contributed by atoms with Crippen LogP contribution in [0, 0.1) is 0 Å². The molecule has 2 amide bonds. The number of carbonyl (C=O) groups excluding carboxylic acids is 1. The molecule has 2 fully saturated rings. The average Bonchev–Trinajstić information content (AvgIpc) is 3.25. The van der Waals surface area contributed by atoms with Crippen LogP contribution in [0.1, 0.15) is 44.8 Å². The number of nitrogens with zero attached hydrogens (tertiary/aromatic N) is 4. The number of carbonyl (C=O) groups is 1. The second-order valence-electron chi connectivity index (χ2n) is 6.24. The van der Waals surface area contributed by atoms with Crippen LogP contribution in [0.2, 0.25) is 0 Å². The van der Waals surface area contributed by atoms with Crippen LogP contribution in [0.5, 0.6) is 0 Å². The van der Waals surface area contributed by atoms with Crippen LogP contribution in [-0.2, 0) is 13.0 Å². The van der Waals surface area contributed by atoms with Gasteiger partial charge in [-0.25, -0.2) is 9.78 Å². The van der Waals surface area contributed by atoms with E-state index in [0.29, 0.717) is 18.4 Å². The maximum atomic E-state index is 12.4. The summed E-state index contributed by atoms with van der Waals surface area (Å²) in [6, 6.07) is 0.799. The summed E-state index contributed by atoms with van der Waals surface area (Å²) < 4.78 is 0. The Hall–Kier alpha value is -1.63. The van der Waals surface area contributed by atoms with Crippen LogP contribution in [-0.4, -0.2) is 62.7 Å². The van der Waals surface area contributed by atoms with Gasteiger partial charge in [0, 0.05) is 25.0 Å². The van der Waals surface area contributed by atoms with E-state index in [1.165, 1.54) is 25.9 Å². The molecule has 7 heteroatoms. The van der Waals surface area contributed by atoms with Crippen molar-refractivity contribution in [3.8, 4) is 0 Å². The second kappa shape index (κ2) is 6.64. The van der Waals surface area contributed by atoms with Gasteiger partial charge in [0.25, 0.3) is 0 Å². The minimum Gasteiger partial charge on any atom is -0.331 e. The summed E-state index contributed by atoms with van der Waals surface area (Å²) in [5.41, 5.74) is 0. The van der Waals surface area contributed by atoms with E-state index in [-0.39, 0.29) is 12.1 Å². The lowest BCUT2D eigenvalue weighted by atomic mass is 10.1. The number of rotatable bonds is 4. The van der Waals surface area contributed by atoms with Crippen molar-refractivity contribution in [2.45, 2.75) is 58.2 Å². The molecule has 7 nitrogen and oxygen atoms in total.